The van der Waals surface area contributed by atoms with Gasteiger partial charge < -0.3 is 15.7 Å². The summed E-state index contributed by atoms with van der Waals surface area (Å²) in [6, 6.07) is 3.86. The molecule has 2 atom stereocenters. The van der Waals surface area contributed by atoms with E-state index < -0.39 is 6.10 Å². The largest absolute Gasteiger partial charge is 0.391 e. The number of nitrogens with two attached hydrogens (primary N) is 1. The molecule has 1 aliphatic heterocycles. The molecule has 0 saturated carbocycles. The van der Waals surface area contributed by atoms with Crippen LogP contribution in [0, 0.1) is 5.92 Å². The number of carbonyl (C=O) groups excluding carboxylic acids is 1. The van der Waals surface area contributed by atoms with Gasteiger partial charge in [0.2, 0.25) is 0 Å². The maximum atomic E-state index is 12.3. The van der Waals surface area contributed by atoms with E-state index in [1.807, 2.05) is 12.1 Å². The average Bonchev–Trinajstić information content (AvgIpc) is 3.06. The molecule has 2 aromatic rings. The fraction of sp³-hybridized carbons (Fsp3) is 0.357. The highest BCUT2D eigenvalue weighted by atomic mass is 32.1. The third-order valence-corrected chi connectivity index (χ3v) is 4.36. The van der Waals surface area contributed by atoms with E-state index in [1.54, 1.807) is 22.7 Å². The fourth-order valence-corrected chi connectivity index (χ4v) is 3.13. The standard InChI is InChI=1S/C14H16N4O2S/c15-14-17-11(8-21-14)13(20)18-6-10(12(19)7-18)5-9-1-3-16-4-2-9/h1-4,8,10,12,19H,5-7H2,(H2,15,17)/t10-,12-/m1/s1. The molecule has 3 rings (SSSR count). The van der Waals surface area contributed by atoms with Crippen LogP contribution in [0.1, 0.15) is 16.1 Å². The number of pyridine rings is 1. The van der Waals surface area contributed by atoms with Crippen LogP contribution in [0.15, 0.2) is 29.9 Å². The molecule has 2 aromatic heterocycles. The van der Waals surface area contributed by atoms with Gasteiger partial charge in [-0.1, -0.05) is 0 Å². The summed E-state index contributed by atoms with van der Waals surface area (Å²) in [4.78, 5) is 21.9. The van der Waals surface area contributed by atoms with E-state index in [4.69, 9.17) is 5.73 Å². The molecule has 0 unspecified atom stereocenters. The van der Waals surface area contributed by atoms with Crippen LogP contribution >= 0.6 is 11.3 Å². The molecule has 3 N–H and O–H groups in total. The van der Waals surface area contributed by atoms with E-state index in [-0.39, 0.29) is 11.8 Å². The van der Waals surface area contributed by atoms with Crippen LogP contribution in [0.3, 0.4) is 0 Å². The molecular weight excluding hydrogens is 288 g/mol. The number of aliphatic hydroxyl groups is 1. The lowest BCUT2D eigenvalue weighted by Gasteiger charge is -2.14. The summed E-state index contributed by atoms with van der Waals surface area (Å²) in [6.07, 6.45) is 3.68. The van der Waals surface area contributed by atoms with Crippen molar-refractivity contribution in [3.8, 4) is 0 Å². The molecule has 0 spiro atoms. The van der Waals surface area contributed by atoms with Crippen molar-refractivity contribution in [1.82, 2.24) is 14.9 Å². The Morgan fingerprint density at radius 2 is 2.19 bits per heavy atom. The van der Waals surface area contributed by atoms with Crippen LogP contribution in [0.5, 0.6) is 0 Å². The number of rotatable bonds is 3. The zero-order chi connectivity index (χ0) is 14.8. The Balaban J connectivity index is 1.67. The number of amides is 1. The first-order valence-corrected chi connectivity index (χ1v) is 7.58. The monoisotopic (exact) mass is 304 g/mol. The molecule has 21 heavy (non-hydrogen) atoms. The van der Waals surface area contributed by atoms with Gasteiger partial charge in [0.15, 0.2) is 5.13 Å². The van der Waals surface area contributed by atoms with Crippen molar-refractivity contribution in [3.63, 3.8) is 0 Å². The van der Waals surface area contributed by atoms with Crippen molar-refractivity contribution in [1.29, 1.82) is 0 Å². The first-order chi connectivity index (χ1) is 10.1. The lowest BCUT2D eigenvalue weighted by atomic mass is 9.97. The Bertz CT molecular complexity index is 631. The molecule has 0 radical (unpaired) electrons. The minimum atomic E-state index is -0.516. The van der Waals surface area contributed by atoms with Crippen LogP contribution in [-0.4, -0.2) is 45.1 Å². The van der Waals surface area contributed by atoms with E-state index in [2.05, 4.69) is 9.97 Å². The van der Waals surface area contributed by atoms with Gasteiger partial charge in [-0.15, -0.1) is 11.3 Å². The van der Waals surface area contributed by atoms with Gasteiger partial charge in [0.05, 0.1) is 6.10 Å². The van der Waals surface area contributed by atoms with Gasteiger partial charge in [-0.25, -0.2) is 4.98 Å². The quantitative estimate of drug-likeness (QED) is 0.875. The second kappa shape index (κ2) is 5.79. The summed E-state index contributed by atoms with van der Waals surface area (Å²) in [5.74, 6) is -0.133. The van der Waals surface area contributed by atoms with Crippen molar-refractivity contribution >= 4 is 22.4 Å². The number of hydrogen-bond acceptors (Lipinski definition) is 6. The molecule has 0 aliphatic carbocycles. The highest BCUT2D eigenvalue weighted by Gasteiger charge is 2.34. The molecule has 1 saturated heterocycles. The number of likely N-dealkylation sites (tertiary alicyclic amines) is 1. The van der Waals surface area contributed by atoms with Gasteiger partial charge in [0, 0.05) is 36.8 Å². The minimum Gasteiger partial charge on any atom is -0.391 e. The van der Waals surface area contributed by atoms with Crippen molar-refractivity contribution in [2.45, 2.75) is 12.5 Å². The maximum absolute atomic E-state index is 12.3. The van der Waals surface area contributed by atoms with Crippen molar-refractivity contribution in [2.75, 3.05) is 18.8 Å². The zero-order valence-corrected chi connectivity index (χ0v) is 12.2. The third-order valence-electron chi connectivity index (χ3n) is 3.68. The highest BCUT2D eigenvalue weighted by Crippen LogP contribution is 2.23. The normalized spacial score (nSPS) is 21.7. The lowest BCUT2D eigenvalue weighted by molar-refractivity contribution is 0.0760. The number of aromatic nitrogens is 2. The second-order valence-corrected chi connectivity index (χ2v) is 6.06. The summed E-state index contributed by atoms with van der Waals surface area (Å²) in [7, 11) is 0. The number of anilines is 1. The van der Waals surface area contributed by atoms with Crippen LogP contribution in [0.2, 0.25) is 0 Å². The van der Waals surface area contributed by atoms with E-state index in [0.29, 0.717) is 23.9 Å². The summed E-state index contributed by atoms with van der Waals surface area (Å²) in [5, 5.41) is 12.2. The number of carbonyl (C=O) groups is 1. The summed E-state index contributed by atoms with van der Waals surface area (Å²) in [6.45, 7) is 0.867. The Kier molecular flexibility index (Phi) is 3.85. The Morgan fingerprint density at radius 1 is 1.43 bits per heavy atom. The Hall–Kier alpha value is -1.99. The van der Waals surface area contributed by atoms with E-state index >= 15 is 0 Å². The van der Waals surface area contributed by atoms with Crippen LogP contribution in [-0.2, 0) is 6.42 Å². The predicted octanol–water partition coefficient (Wildman–Crippen LogP) is 0.796. The van der Waals surface area contributed by atoms with Crippen LogP contribution < -0.4 is 5.73 Å². The van der Waals surface area contributed by atoms with E-state index in [9.17, 15) is 9.90 Å². The molecule has 3 heterocycles. The van der Waals surface area contributed by atoms with Gasteiger partial charge >= 0.3 is 0 Å². The Labute approximate surface area is 126 Å². The minimum absolute atomic E-state index is 0.0346. The van der Waals surface area contributed by atoms with Crippen molar-refractivity contribution < 1.29 is 9.90 Å². The first-order valence-electron chi connectivity index (χ1n) is 6.70. The number of hydrogen-bond donors (Lipinski definition) is 2. The fourth-order valence-electron chi connectivity index (χ4n) is 2.59. The summed E-state index contributed by atoms with van der Waals surface area (Å²) in [5.41, 5.74) is 7.02. The molecule has 0 aromatic carbocycles. The molecule has 1 aliphatic rings. The molecule has 110 valence electrons. The number of β-amino-alcohol motifs (C(OH)–C–C–N with tert-alkyl or cyclic N) is 1. The molecule has 1 amide bonds. The van der Waals surface area contributed by atoms with Gasteiger partial charge in [0.25, 0.3) is 5.91 Å². The average molecular weight is 304 g/mol. The summed E-state index contributed by atoms with van der Waals surface area (Å²) < 4.78 is 0. The summed E-state index contributed by atoms with van der Waals surface area (Å²) >= 11 is 1.25. The van der Waals surface area contributed by atoms with E-state index in [0.717, 1.165) is 12.0 Å². The molecule has 0 bridgehead atoms. The number of nitrogens with zero attached hydrogens (tertiary/aromatic N) is 3. The smallest absolute Gasteiger partial charge is 0.273 e. The van der Waals surface area contributed by atoms with Crippen molar-refractivity contribution in [2.24, 2.45) is 5.92 Å². The van der Waals surface area contributed by atoms with Gasteiger partial charge in [-0.2, -0.15) is 0 Å². The zero-order valence-electron chi connectivity index (χ0n) is 11.3. The van der Waals surface area contributed by atoms with Gasteiger partial charge in [-0.3, -0.25) is 9.78 Å². The molecule has 6 nitrogen and oxygen atoms in total. The number of aliphatic hydroxyl groups excluding tert-OH is 1. The van der Waals surface area contributed by atoms with Crippen molar-refractivity contribution in [3.05, 3.63) is 41.2 Å². The van der Waals surface area contributed by atoms with Gasteiger partial charge in [0.1, 0.15) is 5.69 Å². The highest BCUT2D eigenvalue weighted by molar-refractivity contribution is 7.13. The molecule has 1 fully saturated rings. The predicted molar refractivity (Wildman–Crippen MR) is 79.9 cm³/mol. The lowest BCUT2D eigenvalue weighted by Crippen LogP contribution is -2.29. The third kappa shape index (κ3) is 3.03. The van der Waals surface area contributed by atoms with Crippen LogP contribution in [0.25, 0.3) is 0 Å². The SMILES string of the molecule is Nc1nc(C(=O)N2C[C@@H](Cc3ccncc3)[C@H](O)C2)cs1. The first kappa shape index (κ1) is 14.0. The number of nitrogen functional groups attached to an aromatic ring is 1. The topological polar surface area (TPSA) is 92.3 Å². The van der Waals surface area contributed by atoms with Gasteiger partial charge in [-0.05, 0) is 24.1 Å². The number of thiazole rings is 1. The maximum Gasteiger partial charge on any atom is 0.273 e. The van der Waals surface area contributed by atoms with Crippen LogP contribution in [0.4, 0.5) is 5.13 Å². The molecule has 7 heteroatoms. The van der Waals surface area contributed by atoms with E-state index in [1.165, 1.54) is 11.3 Å². The molecular formula is C14H16N4O2S. The Morgan fingerprint density at radius 3 is 2.86 bits per heavy atom. The second-order valence-electron chi connectivity index (χ2n) is 5.17.